The number of hydrogen-bond donors (Lipinski definition) is 0. The predicted molar refractivity (Wildman–Crippen MR) is 166 cm³/mol. The summed E-state index contributed by atoms with van der Waals surface area (Å²) in [6.07, 6.45) is 0.833. The van der Waals surface area contributed by atoms with Crippen molar-refractivity contribution in [2.45, 2.75) is 81.8 Å². The van der Waals surface area contributed by atoms with Gasteiger partial charge in [-0.05, 0) is 165 Å². The zero-order chi connectivity index (χ0) is 28.6. The SMILES string of the molecule is COOC(C)c1ccc(-c2ccc(Cc3ccc(-c4ccc(C)c(C)c4C)c(C)c3C)c(C)c2C)c(C)c1C. The minimum absolute atomic E-state index is 0.106. The van der Waals surface area contributed by atoms with Crippen LogP contribution in [-0.2, 0) is 16.2 Å². The van der Waals surface area contributed by atoms with Gasteiger partial charge in [0, 0.05) is 0 Å². The Morgan fingerprint density at radius 2 is 0.897 bits per heavy atom. The van der Waals surface area contributed by atoms with E-state index in [0.29, 0.717) is 0 Å². The van der Waals surface area contributed by atoms with Crippen LogP contribution in [-0.4, -0.2) is 7.11 Å². The molecule has 4 rings (SSSR count). The Kier molecular flexibility index (Phi) is 8.49. The molecule has 0 fully saturated rings. The molecule has 1 atom stereocenters. The van der Waals surface area contributed by atoms with Crippen molar-refractivity contribution in [3.8, 4) is 22.3 Å². The second-order valence-electron chi connectivity index (χ2n) is 11.3. The summed E-state index contributed by atoms with van der Waals surface area (Å²) >= 11 is 0. The maximum atomic E-state index is 5.39. The van der Waals surface area contributed by atoms with Crippen LogP contribution in [0.15, 0.2) is 48.5 Å². The number of rotatable bonds is 7. The van der Waals surface area contributed by atoms with Crippen LogP contribution in [0.5, 0.6) is 0 Å². The van der Waals surface area contributed by atoms with E-state index in [9.17, 15) is 0 Å². The molecule has 0 saturated heterocycles. The maximum Gasteiger partial charge on any atom is 0.115 e. The zero-order valence-corrected chi connectivity index (χ0v) is 25.7. The van der Waals surface area contributed by atoms with Crippen LogP contribution in [0.25, 0.3) is 22.3 Å². The van der Waals surface area contributed by atoms with Crippen LogP contribution >= 0.6 is 0 Å². The molecule has 0 saturated carbocycles. The molecular formula is C37H44O2. The Bertz CT molecular complexity index is 1540. The van der Waals surface area contributed by atoms with Gasteiger partial charge in [0.1, 0.15) is 6.10 Å². The van der Waals surface area contributed by atoms with E-state index in [1.54, 1.807) is 7.11 Å². The minimum Gasteiger partial charge on any atom is -0.239 e. The van der Waals surface area contributed by atoms with E-state index < -0.39 is 0 Å². The van der Waals surface area contributed by atoms with Crippen molar-refractivity contribution in [3.63, 3.8) is 0 Å². The third-order valence-corrected chi connectivity index (χ3v) is 9.33. The highest BCUT2D eigenvalue weighted by Crippen LogP contribution is 2.36. The number of hydrogen-bond acceptors (Lipinski definition) is 2. The monoisotopic (exact) mass is 520 g/mol. The highest BCUT2D eigenvalue weighted by atomic mass is 17.2. The van der Waals surface area contributed by atoms with Crippen LogP contribution in [0.4, 0.5) is 0 Å². The summed E-state index contributed by atoms with van der Waals surface area (Å²) in [5, 5.41) is 0. The van der Waals surface area contributed by atoms with Gasteiger partial charge in [-0.3, -0.25) is 0 Å². The van der Waals surface area contributed by atoms with Crippen molar-refractivity contribution in [2.75, 3.05) is 7.11 Å². The maximum absolute atomic E-state index is 5.39. The molecule has 0 aromatic heterocycles. The first-order valence-corrected chi connectivity index (χ1v) is 14.0. The fraction of sp³-hybridized carbons (Fsp3) is 0.351. The molecule has 0 amide bonds. The summed E-state index contributed by atoms with van der Waals surface area (Å²) in [4.78, 5) is 10.3. The van der Waals surface area contributed by atoms with Gasteiger partial charge in [0.05, 0.1) is 7.11 Å². The second kappa shape index (κ2) is 11.5. The van der Waals surface area contributed by atoms with Gasteiger partial charge < -0.3 is 0 Å². The first-order chi connectivity index (χ1) is 18.5. The molecule has 204 valence electrons. The van der Waals surface area contributed by atoms with Crippen molar-refractivity contribution in [1.82, 2.24) is 0 Å². The first kappa shape index (κ1) is 28.8. The van der Waals surface area contributed by atoms with Gasteiger partial charge >= 0.3 is 0 Å². The van der Waals surface area contributed by atoms with Gasteiger partial charge in [-0.2, -0.15) is 0 Å². The van der Waals surface area contributed by atoms with Crippen molar-refractivity contribution < 1.29 is 9.78 Å². The van der Waals surface area contributed by atoms with Gasteiger partial charge in [0.25, 0.3) is 0 Å². The summed E-state index contributed by atoms with van der Waals surface area (Å²) in [7, 11) is 1.56. The first-order valence-electron chi connectivity index (χ1n) is 14.0. The minimum atomic E-state index is -0.106. The van der Waals surface area contributed by atoms with Crippen molar-refractivity contribution in [1.29, 1.82) is 0 Å². The lowest BCUT2D eigenvalue weighted by atomic mass is 9.85. The van der Waals surface area contributed by atoms with Gasteiger partial charge in [0.2, 0.25) is 0 Å². The topological polar surface area (TPSA) is 18.5 Å². The summed E-state index contributed by atoms with van der Waals surface area (Å²) in [5.41, 5.74) is 21.4. The van der Waals surface area contributed by atoms with E-state index in [0.717, 1.165) is 12.0 Å². The van der Waals surface area contributed by atoms with E-state index in [4.69, 9.17) is 9.78 Å². The molecule has 0 spiro atoms. The molecular weight excluding hydrogens is 476 g/mol. The highest BCUT2D eigenvalue weighted by molar-refractivity contribution is 5.75. The van der Waals surface area contributed by atoms with Gasteiger partial charge in [-0.1, -0.05) is 48.5 Å². The molecule has 0 heterocycles. The summed E-state index contributed by atoms with van der Waals surface area (Å²) in [6, 6.07) is 18.2. The van der Waals surface area contributed by atoms with Crippen LogP contribution in [0.2, 0.25) is 0 Å². The molecule has 1 unspecified atom stereocenters. The number of benzene rings is 4. The fourth-order valence-corrected chi connectivity index (χ4v) is 5.94. The Hall–Kier alpha value is -3.20. The third kappa shape index (κ3) is 5.33. The van der Waals surface area contributed by atoms with E-state index in [-0.39, 0.29) is 6.10 Å². The van der Waals surface area contributed by atoms with Crippen LogP contribution in [0, 0.1) is 62.3 Å². The lowest BCUT2D eigenvalue weighted by Crippen LogP contribution is -2.04. The van der Waals surface area contributed by atoms with Crippen molar-refractivity contribution in [2.24, 2.45) is 0 Å². The molecule has 0 N–H and O–H groups in total. The van der Waals surface area contributed by atoms with E-state index >= 15 is 0 Å². The predicted octanol–water partition coefficient (Wildman–Crippen LogP) is 10.0. The van der Waals surface area contributed by atoms with E-state index in [1.165, 1.54) is 83.5 Å². The smallest absolute Gasteiger partial charge is 0.115 e. The normalized spacial score (nSPS) is 12.2. The van der Waals surface area contributed by atoms with E-state index in [2.05, 4.69) is 111 Å². The third-order valence-electron chi connectivity index (χ3n) is 9.33. The second-order valence-corrected chi connectivity index (χ2v) is 11.3. The lowest BCUT2D eigenvalue weighted by Gasteiger charge is -2.21. The van der Waals surface area contributed by atoms with E-state index in [1.807, 2.05) is 6.92 Å². The summed E-state index contributed by atoms with van der Waals surface area (Å²) < 4.78 is 0. The highest BCUT2D eigenvalue weighted by Gasteiger charge is 2.18. The summed E-state index contributed by atoms with van der Waals surface area (Å²) in [5.74, 6) is 0. The molecule has 0 radical (unpaired) electrons. The Labute approximate surface area is 236 Å². The molecule has 4 aromatic carbocycles. The largest absolute Gasteiger partial charge is 0.239 e. The molecule has 4 aromatic rings. The van der Waals surface area contributed by atoms with Crippen LogP contribution < -0.4 is 0 Å². The van der Waals surface area contributed by atoms with Gasteiger partial charge in [0.15, 0.2) is 0 Å². The average molecular weight is 521 g/mol. The molecule has 0 aliphatic carbocycles. The molecule has 2 nitrogen and oxygen atoms in total. The van der Waals surface area contributed by atoms with Crippen molar-refractivity contribution in [3.05, 3.63) is 115 Å². The lowest BCUT2D eigenvalue weighted by molar-refractivity contribution is -0.303. The Balaban J connectivity index is 1.68. The quantitative estimate of drug-likeness (QED) is 0.178. The molecule has 2 heteroatoms. The Morgan fingerprint density at radius 3 is 1.38 bits per heavy atom. The molecule has 0 aliphatic rings. The number of aryl methyl sites for hydroxylation is 1. The molecule has 0 bridgehead atoms. The zero-order valence-electron chi connectivity index (χ0n) is 25.7. The standard InChI is InChI=1S/C37H44O2/c1-21-12-15-34(25(5)22(21)2)35-16-13-31(23(3)26(35)6)20-32-14-17-36(27(7)24(32)4)37-19-18-33(28(8)29(37)9)30(10)39-38-11/h12-19,30H,20H2,1-11H3. The molecule has 39 heavy (non-hydrogen) atoms. The van der Waals surface area contributed by atoms with Crippen LogP contribution in [0.3, 0.4) is 0 Å². The van der Waals surface area contributed by atoms with Gasteiger partial charge in [-0.15, -0.1) is 0 Å². The molecule has 0 aliphatic heterocycles. The average Bonchev–Trinajstić information content (AvgIpc) is 2.91. The fourth-order valence-electron chi connectivity index (χ4n) is 5.94. The van der Waals surface area contributed by atoms with Crippen LogP contribution in [0.1, 0.15) is 79.8 Å². The van der Waals surface area contributed by atoms with Gasteiger partial charge in [-0.25, -0.2) is 9.78 Å². The summed E-state index contributed by atoms with van der Waals surface area (Å²) in [6.45, 7) is 22.2. The Morgan fingerprint density at radius 1 is 0.487 bits per heavy atom. The van der Waals surface area contributed by atoms with Crippen molar-refractivity contribution >= 4 is 0 Å².